The number of benzene rings is 1. The van der Waals surface area contributed by atoms with Crippen LogP contribution < -0.4 is 10.2 Å². The maximum Gasteiger partial charge on any atom is 0.272 e. The topological polar surface area (TPSA) is 65.5 Å². The lowest BCUT2D eigenvalue weighted by Gasteiger charge is -2.38. The molecular formula is C24H26ClFN4O2. The van der Waals surface area contributed by atoms with Gasteiger partial charge >= 0.3 is 0 Å². The summed E-state index contributed by atoms with van der Waals surface area (Å²) in [6.45, 7) is 6.75. The maximum absolute atomic E-state index is 14.1. The molecule has 3 aliphatic rings. The van der Waals surface area contributed by atoms with Crippen LogP contribution in [0.2, 0.25) is 5.02 Å². The van der Waals surface area contributed by atoms with E-state index in [1.54, 1.807) is 18.2 Å². The summed E-state index contributed by atoms with van der Waals surface area (Å²) < 4.78 is 14.1. The predicted octanol–water partition coefficient (Wildman–Crippen LogP) is 4.05. The van der Waals surface area contributed by atoms with E-state index in [1.165, 1.54) is 6.07 Å². The molecule has 1 N–H and O–H groups in total. The van der Waals surface area contributed by atoms with Gasteiger partial charge in [0.1, 0.15) is 11.5 Å². The third kappa shape index (κ3) is 3.52. The lowest BCUT2D eigenvalue weighted by molar-refractivity contribution is -0.119. The van der Waals surface area contributed by atoms with Crippen molar-refractivity contribution in [3.63, 3.8) is 0 Å². The number of hydrogen-bond donors (Lipinski definition) is 1. The molecule has 2 saturated heterocycles. The van der Waals surface area contributed by atoms with Gasteiger partial charge in [-0.1, -0.05) is 25.4 Å². The summed E-state index contributed by atoms with van der Waals surface area (Å²) in [5, 5.41) is 3.02. The molecule has 0 bridgehead atoms. The lowest BCUT2D eigenvalue weighted by atomic mass is 9.77. The summed E-state index contributed by atoms with van der Waals surface area (Å²) in [6.07, 6.45) is 2.20. The second-order valence-corrected chi connectivity index (χ2v) is 10.3. The Morgan fingerprint density at radius 2 is 1.94 bits per heavy atom. The third-order valence-electron chi connectivity index (χ3n) is 7.10. The van der Waals surface area contributed by atoms with E-state index in [0.29, 0.717) is 44.0 Å². The van der Waals surface area contributed by atoms with Gasteiger partial charge in [0.05, 0.1) is 16.4 Å². The quantitative estimate of drug-likeness (QED) is 0.740. The lowest BCUT2D eigenvalue weighted by Crippen LogP contribution is -2.44. The number of likely N-dealkylation sites (tertiary alicyclic amines) is 1. The summed E-state index contributed by atoms with van der Waals surface area (Å²) in [5.74, 6) is -0.429. The van der Waals surface area contributed by atoms with Crippen LogP contribution in [0.4, 0.5) is 15.8 Å². The number of nitrogens with one attached hydrogen (secondary N) is 1. The van der Waals surface area contributed by atoms with Crippen molar-refractivity contribution >= 4 is 34.8 Å². The zero-order valence-electron chi connectivity index (χ0n) is 18.3. The van der Waals surface area contributed by atoms with Crippen LogP contribution in [0, 0.1) is 11.2 Å². The highest BCUT2D eigenvalue weighted by Gasteiger charge is 2.42. The third-order valence-corrected chi connectivity index (χ3v) is 7.41. The molecule has 3 aliphatic heterocycles. The minimum absolute atomic E-state index is 0.00439. The number of carbonyl (C=O) groups is 2. The number of anilines is 2. The van der Waals surface area contributed by atoms with E-state index in [2.05, 4.69) is 19.2 Å². The second kappa shape index (κ2) is 7.44. The van der Waals surface area contributed by atoms with E-state index in [4.69, 9.17) is 16.6 Å². The Morgan fingerprint density at radius 1 is 1.19 bits per heavy atom. The second-order valence-electron chi connectivity index (χ2n) is 9.88. The molecule has 0 aliphatic carbocycles. The van der Waals surface area contributed by atoms with Gasteiger partial charge in [-0.25, -0.2) is 9.37 Å². The minimum atomic E-state index is -0.461. The number of aromatic nitrogens is 1. The fraction of sp³-hybridized carbons (Fsp3) is 0.458. The number of amides is 2. The van der Waals surface area contributed by atoms with Crippen LogP contribution in [0.25, 0.3) is 0 Å². The van der Waals surface area contributed by atoms with Gasteiger partial charge in [0, 0.05) is 43.7 Å². The first-order valence-electron chi connectivity index (χ1n) is 11.0. The number of halogens is 2. The van der Waals surface area contributed by atoms with Gasteiger partial charge in [0.15, 0.2) is 0 Å². The number of fused-ring (bicyclic) bond motifs is 1. The van der Waals surface area contributed by atoms with Crippen LogP contribution in [-0.4, -0.2) is 47.9 Å². The van der Waals surface area contributed by atoms with E-state index in [-0.39, 0.29) is 27.7 Å². The molecule has 2 aromatic rings. The Labute approximate surface area is 191 Å². The van der Waals surface area contributed by atoms with Gasteiger partial charge in [0.2, 0.25) is 5.91 Å². The van der Waals surface area contributed by atoms with E-state index >= 15 is 0 Å². The smallest absolute Gasteiger partial charge is 0.272 e. The largest absolute Gasteiger partial charge is 0.356 e. The van der Waals surface area contributed by atoms with Crippen molar-refractivity contribution in [2.45, 2.75) is 38.5 Å². The van der Waals surface area contributed by atoms with Gasteiger partial charge in [-0.3, -0.25) is 9.59 Å². The summed E-state index contributed by atoms with van der Waals surface area (Å²) >= 11 is 5.85. The molecule has 2 fully saturated rings. The Balaban J connectivity index is 1.38. The Bertz CT molecular complexity index is 1110. The molecular weight excluding hydrogens is 431 g/mol. The highest BCUT2D eigenvalue weighted by molar-refractivity contribution is 6.30. The van der Waals surface area contributed by atoms with Crippen molar-refractivity contribution in [3.05, 3.63) is 52.6 Å². The van der Waals surface area contributed by atoms with Gasteiger partial charge < -0.3 is 15.1 Å². The van der Waals surface area contributed by atoms with Crippen LogP contribution in [0.1, 0.15) is 49.3 Å². The van der Waals surface area contributed by atoms with Crippen molar-refractivity contribution in [1.29, 1.82) is 0 Å². The molecule has 0 saturated carbocycles. The number of hydrogen-bond acceptors (Lipinski definition) is 4. The molecule has 8 heteroatoms. The summed E-state index contributed by atoms with van der Waals surface area (Å²) in [5.41, 5.74) is 2.54. The van der Waals surface area contributed by atoms with Gasteiger partial charge in [0.25, 0.3) is 5.91 Å². The van der Waals surface area contributed by atoms with Crippen molar-refractivity contribution in [2.24, 2.45) is 5.41 Å². The zero-order valence-corrected chi connectivity index (χ0v) is 19.0. The zero-order chi connectivity index (χ0) is 22.7. The molecule has 1 aromatic carbocycles. The molecule has 0 unspecified atom stereocenters. The number of carbonyl (C=O) groups excluding carboxylic acids is 2. The molecule has 1 aromatic heterocycles. The summed E-state index contributed by atoms with van der Waals surface area (Å²) in [6, 6.07) is 8.44. The van der Waals surface area contributed by atoms with E-state index in [0.717, 1.165) is 24.2 Å². The fourth-order valence-corrected chi connectivity index (χ4v) is 5.29. The summed E-state index contributed by atoms with van der Waals surface area (Å²) in [4.78, 5) is 33.5. The fourth-order valence-electron chi connectivity index (χ4n) is 5.18. The Hall–Kier alpha value is -2.67. The van der Waals surface area contributed by atoms with Crippen LogP contribution in [0.5, 0.6) is 0 Å². The predicted molar refractivity (Wildman–Crippen MR) is 121 cm³/mol. The number of pyridine rings is 1. The molecule has 5 rings (SSSR count). The Morgan fingerprint density at radius 3 is 2.59 bits per heavy atom. The first-order chi connectivity index (χ1) is 15.2. The van der Waals surface area contributed by atoms with Crippen LogP contribution in [-0.2, 0) is 10.2 Å². The monoisotopic (exact) mass is 456 g/mol. The van der Waals surface area contributed by atoms with Crippen LogP contribution in [0.15, 0.2) is 30.3 Å². The van der Waals surface area contributed by atoms with Gasteiger partial charge in [-0.2, -0.15) is 0 Å². The van der Waals surface area contributed by atoms with Gasteiger partial charge in [-0.05, 0) is 48.6 Å². The Kier molecular flexibility index (Phi) is 4.93. The average Bonchev–Trinajstić information content (AvgIpc) is 3.26. The molecule has 168 valence electrons. The first-order valence-corrected chi connectivity index (χ1v) is 11.4. The first kappa shape index (κ1) is 21.2. The molecule has 0 atom stereocenters. The molecule has 2 amide bonds. The molecule has 6 nitrogen and oxygen atoms in total. The van der Waals surface area contributed by atoms with Gasteiger partial charge in [-0.15, -0.1) is 0 Å². The maximum atomic E-state index is 14.1. The molecule has 4 heterocycles. The standard InChI is InChI=1S/C24H26ClFN4O2/c1-23(2)14-30(15-3-4-16(25)17(26)11-15)19-6-5-18(28-21(19)23)22(32)29-9-7-24(8-10-29)12-20(31)27-13-24/h3-6,11H,7-10,12-14H2,1-2H3,(H,27,31). The van der Waals surface area contributed by atoms with Crippen molar-refractivity contribution in [2.75, 3.05) is 31.1 Å². The van der Waals surface area contributed by atoms with Crippen LogP contribution >= 0.6 is 11.6 Å². The van der Waals surface area contributed by atoms with E-state index in [1.807, 2.05) is 15.9 Å². The molecule has 1 spiro atoms. The number of nitrogens with zero attached hydrogens (tertiary/aromatic N) is 3. The van der Waals surface area contributed by atoms with E-state index < -0.39 is 5.82 Å². The van der Waals surface area contributed by atoms with E-state index in [9.17, 15) is 14.0 Å². The molecule has 32 heavy (non-hydrogen) atoms. The summed E-state index contributed by atoms with van der Waals surface area (Å²) in [7, 11) is 0. The number of piperidine rings is 1. The normalized spacial score (nSPS) is 21.1. The minimum Gasteiger partial charge on any atom is -0.356 e. The molecule has 0 radical (unpaired) electrons. The van der Waals surface area contributed by atoms with Crippen LogP contribution in [0.3, 0.4) is 0 Å². The average molecular weight is 457 g/mol. The van der Waals surface area contributed by atoms with Crippen molar-refractivity contribution in [1.82, 2.24) is 15.2 Å². The number of rotatable bonds is 2. The van der Waals surface area contributed by atoms with Crippen molar-refractivity contribution < 1.29 is 14.0 Å². The highest BCUT2D eigenvalue weighted by Crippen LogP contribution is 2.44. The SMILES string of the molecule is CC1(C)CN(c2ccc(Cl)c(F)c2)c2ccc(C(=O)N3CCC4(CC3)CNC(=O)C4)nc21. The van der Waals surface area contributed by atoms with Crippen molar-refractivity contribution in [3.8, 4) is 0 Å². The highest BCUT2D eigenvalue weighted by atomic mass is 35.5.